The topological polar surface area (TPSA) is 72.6 Å². The second-order valence-corrected chi connectivity index (χ2v) is 13.4. The summed E-state index contributed by atoms with van der Waals surface area (Å²) in [4.78, 5) is 14.4. The van der Waals surface area contributed by atoms with E-state index in [0.29, 0.717) is 7.91 Å². The lowest BCUT2D eigenvalue weighted by Gasteiger charge is -2.22. The van der Waals surface area contributed by atoms with E-state index in [9.17, 15) is 4.79 Å². The van der Waals surface area contributed by atoms with Crippen LogP contribution in [0.5, 0.6) is 5.75 Å². The van der Waals surface area contributed by atoms with E-state index in [2.05, 4.69) is 28.0 Å². The molecule has 0 aliphatic carbocycles. The molecule has 0 radical (unpaired) electrons. The molecule has 4 aromatic carbocycles. The molecule has 7 rings (SSSR count). The number of carbonyl (C=O) groups excluding carboxylic acids is 1. The molecule has 1 unspecified atom stereocenters. The first-order valence-electron chi connectivity index (χ1n) is 13.6. The van der Waals surface area contributed by atoms with Gasteiger partial charge in [0.2, 0.25) is 0 Å². The van der Waals surface area contributed by atoms with Gasteiger partial charge >= 0.3 is 0 Å². The summed E-state index contributed by atoms with van der Waals surface area (Å²) in [6, 6.07) is 31.8. The Balaban J connectivity index is 1.20. The molecule has 0 saturated carbocycles. The first-order valence-corrected chi connectivity index (χ1v) is 16.0. The minimum Gasteiger partial charge on any atom is -0.497 e. The number of hydrogen-bond donors (Lipinski definition) is 2. The van der Waals surface area contributed by atoms with Crippen molar-refractivity contribution in [1.82, 2.24) is 14.6 Å². The van der Waals surface area contributed by atoms with Crippen molar-refractivity contribution in [2.24, 2.45) is 5.10 Å². The lowest BCUT2D eigenvalue weighted by atomic mass is 9.99. The molecule has 214 valence electrons. The van der Waals surface area contributed by atoms with Crippen LogP contribution in [0, 0.1) is 7.91 Å². The van der Waals surface area contributed by atoms with Crippen molar-refractivity contribution in [3.63, 3.8) is 0 Å². The molecule has 2 N–H and O–H groups in total. The Morgan fingerprint density at radius 1 is 0.907 bits per heavy atom. The quantitative estimate of drug-likeness (QED) is 0.171. The van der Waals surface area contributed by atoms with Crippen LogP contribution in [0.25, 0.3) is 20.4 Å². The molecule has 0 saturated heterocycles. The average molecular weight is 640 g/mol. The molecule has 3 heterocycles. The van der Waals surface area contributed by atoms with Crippen LogP contribution in [0.1, 0.15) is 34.5 Å². The van der Waals surface area contributed by atoms with E-state index < -0.39 is 6.17 Å². The number of ether oxygens (including phenoxy) is 1. The molecule has 11 heteroatoms. The second kappa shape index (κ2) is 11.5. The number of hydrogen-bond acceptors (Lipinski definition) is 9. The van der Waals surface area contributed by atoms with Crippen LogP contribution in [0.4, 0.5) is 5.69 Å². The Labute approximate surface area is 265 Å². The number of nitrogens with one attached hydrogen (secondary N) is 2. The molecule has 43 heavy (non-hydrogen) atoms. The zero-order chi connectivity index (χ0) is 29.5. The summed E-state index contributed by atoms with van der Waals surface area (Å²) in [5.41, 5.74) is 8.86. The number of hydrazone groups is 1. The second-order valence-electron chi connectivity index (χ2n) is 10.1. The Morgan fingerprint density at radius 2 is 1.56 bits per heavy atom. The van der Waals surface area contributed by atoms with E-state index in [1.165, 1.54) is 22.7 Å². The molecule has 2 atom stereocenters. The van der Waals surface area contributed by atoms with Gasteiger partial charge in [-0.3, -0.25) is 13.9 Å². The molecule has 0 amide bonds. The Bertz CT molecular complexity index is 2120. The Morgan fingerprint density at radius 3 is 2.28 bits per heavy atom. The predicted octanol–water partition coefficient (Wildman–Crippen LogP) is 8.58. The van der Waals surface area contributed by atoms with Gasteiger partial charge in [-0.2, -0.15) is 5.10 Å². The molecule has 2 aromatic heterocycles. The third kappa shape index (κ3) is 5.18. The summed E-state index contributed by atoms with van der Waals surface area (Å²) in [6.45, 7) is 0. The highest BCUT2D eigenvalue weighted by Crippen LogP contribution is 2.32. The van der Waals surface area contributed by atoms with E-state index in [0.717, 1.165) is 55.1 Å². The van der Waals surface area contributed by atoms with Crippen LogP contribution in [0.2, 0.25) is 0 Å². The molecule has 0 bridgehead atoms. The fourth-order valence-corrected chi connectivity index (χ4v) is 8.05. The van der Waals surface area contributed by atoms with E-state index in [4.69, 9.17) is 29.2 Å². The lowest BCUT2D eigenvalue weighted by Crippen LogP contribution is -2.31. The number of carbonyl (C=O) groups is 1. The minimum absolute atomic E-state index is 0.0968. The van der Waals surface area contributed by atoms with Crippen molar-refractivity contribution < 1.29 is 9.53 Å². The number of anilines is 1. The van der Waals surface area contributed by atoms with Crippen molar-refractivity contribution in [2.75, 3.05) is 12.4 Å². The number of nitrogens with zero attached hydrogens (tertiary/aromatic N) is 3. The average Bonchev–Trinajstić information content (AvgIpc) is 3.74. The smallest absolute Gasteiger partial charge is 0.276 e. The number of benzene rings is 4. The Hall–Kier alpha value is -4.16. The van der Waals surface area contributed by atoms with Crippen molar-refractivity contribution in [3.8, 4) is 5.75 Å². The normalized spacial score (nSPS) is 15.3. The maximum atomic E-state index is 14.4. The van der Waals surface area contributed by atoms with Gasteiger partial charge in [0.15, 0.2) is 14.1 Å². The van der Waals surface area contributed by atoms with Crippen LogP contribution in [0.15, 0.2) is 102 Å². The number of para-hydroxylation sites is 2. The Kier molecular flexibility index (Phi) is 7.39. The SMILES string of the molecule is COc1ccc([C@@H]2CC(c3ccc(NC(C(=O)n4c(=S)sc5ccccc54)n4c(=S)sc5ccccc54)cc3)=NN2)cc1. The fraction of sp³-hybridized carbons (Fsp3) is 0.125. The third-order valence-corrected chi connectivity index (χ3v) is 10.2. The summed E-state index contributed by atoms with van der Waals surface area (Å²) in [5, 5.41) is 8.10. The van der Waals surface area contributed by atoms with Gasteiger partial charge in [-0.25, -0.2) is 0 Å². The van der Waals surface area contributed by atoms with Crippen LogP contribution in [0.3, 0.4) is 0 Å². The van der Waals surface area contributed by atoms with Gasteiger partial charge in [-0.05, 0) is 84.1 Å². The molecule has 7 nitrogen and oxygen atoms in total. The van der Waals surface area contributed by atoms with E-state index in [-0.39, 0.29) is 11.9 Å². The lowest BCUT2D eigenvalue weighted by molar-refractivity contribution is 0.0862. The maximum Gasteiger partial charge on any atom is 0.276 e. The molecular formula is C32H25N5O2S4. The number of thiazole rings is 2. The molecule has 0 spiro atoms. The summed E-state index contributed by atoms with van der Waals surface area (Å²) in [5.74, 6) is 0.631. The summed E-state index contributed by atoms with van der Waals surface area (Å²) in [6.07, 6.45) is -0.0520. The van der Waals surface area contributed by atoms with Gasteiger partial charge in [0.1, 0.15) is 5.75 Å². The molecule has 1 aliphatic heterocycles. The minimum atomic E-state index is -0.816. The predicted molar refractivity (Wildman–Crippen MR) is 181 cm³/mol. The zero-order valence-corrected chi connectivity index (χ0v) is 26.2. The van der Waals surface area contributed by atoms with Crippen molar-refractivity contribution in [3.05, 3.63) is 116 Å². The number of aromatic nitrogens is 2. The van der Waals surface area contributed by atoms with Gasteiger partial charge in [0.25, 0.3) is 5.91 Å². The van der Waals surface area contributed by atoms with Crippen molar-refractivity contribution in [2.45, 2.75) is 18.6 Å². The monoisotopic (exact) mass is 639 g/mol. The van der Waals surface area contributed by atoms with E-state index in [1.54, 1.807) is 11.7 Å². The maximum absolute atomic E-state index is 14.4. The van der Waals surface area contributed by atoms with Crippen molar-refractivity contribution >= 4 is 84.8 Å². The van der Waals surface area contributed by atoms with Crippen LogP contribution >= 0.6 is 47.1 Å². The van der Waals surface area contributed by atoms with E-state index >= 15 is 0 Å². The van der Waals surface area contributed by atoms with E-state index in [1.807, 2.05) is 89.5 Å². The van der Waals surface area contributed by atoms with Crippen LogP contribution in [-0.2, 0) is 0 Å². The summed E-state index contributed by atoms with van der Waals surface area (Å²) in [7, 11) is 1.66. The van der Waals surface area contributed by atoms with Gasteiger partial charge in [-0.15, -0.1) is 22.7 Å². The fourth-order valence-electron chi connectivity index (χ4n) is 5.33. The molecule has 0 fully saturated rings. The largest absolute Gasteiger partial charge is 0.497 e. The number of methoxy groups -OCH3 is 1. The van der Waals surface area contributed by atoms with Gasteiger partial charge in [0, 0.05) is 12.1 Å². The van der Waals surface area contributed by atoms with Gasteiger partial charge < -0.3 is 15.5 Å². The summed E-state index contributed by atoms with van der Waals surface area (Å²) >= 11 is 14.4. The zero-order valence-electron chi connectivity index (χ0n) is 22.9. The van der Waals surface area contributed by atoms with Crippen LogP contribution < -0.4 is 15.5 Å². The number of rotatable bonds is 7. The first kappa shape index (κ1) is 27.7. The summed E-state index contributed by atoms with van der Waals surface area (Å²) < 4.78 is 11.9. The third-order valence-electron chi connectivity index (χ3n) is 7.51. The van der Waals surface area contributed by atoms with Crippen molar-refractivity contribution in [1.29, 1.82) is 0 Å². The van der Waals surface area contributed by atoms with Gasteiger partial charge in [-0.1, -0.05) is 48.5 Å². The standard InChI is InChI=1S/C32H25N5O2S4/c1-39-22-16-12-20(13-17-22)24-18-23(34-35-24)19-10-14-21(15-11-19)33-29(36-25-6-2-4-8-27(25)42-31(36)40)30(38)37-26-7-3-5-9-28(26)43-32(37)41/h2-17,24,29,33,35H,18H2,1H3/t24-,29?/m0/s1. The molecule has 6 aromatic rings. The molecule has 1 aliphatic rings. The van der Waals surface area contributed by atoms with Crippen LogP contribution in [-0.4, -0.2) is 27.9 Å². The highest BCUT2D eigenvalue weighted by molar-refractivity contribution is 7.74. The molecular weight excluding hydrogens is 615 g/mol. The van der Waals surface area contributed by atoms with Gasteiger partial charge in [0.05, 0.1) is 39.3 Å². The highest BCUT2D eigenvalue weighted by atomic mass is 32.2. The first-order chi connectivity index (χ1) is 21.0. The highest BCUT2D eigenvalue weighted by Gasteiger charge is 2.28. The number of fused-ring (bicyclic) bond motifs is 2.